The molecule has 0 aromatic heterocycles. The molecule has 0 saturated heterocycles. The molecule has 23 heavy (non-hydrogen) atoms. The molecule has 1 aliphatic rings. The zero-order valence-electron chi connectivity index (χ0n) is 13.7. The third-order valence-electron chi connectivity index (χ3n) is 4.28. The molecule has 1 aliphatic carbocycles. The van der Waals surface area contributed by atoms with Crippen molar-refractivity contribution >= 4 is 15.9 Å². The Morgan fingerprint density at radius 3 is 2.48 bits per heavy atom. The average Bonchev–Trinajstić information content (AvgIpc) is 2.55. The number of carbonyl (C=O) groups excluding carboxylic acids is 1. The van der Waals surface area contributed by atoms with Gasteiger partial charge in [-0.3, -0.25) is 4.79 Å². The van der Waals surface area contributed by atoms with Crippen LogP contribution in [0.5, 0.6) is 0 Å². The fourth-order valence-electron chi connectivity index (χ4n) is 2.86. The van der Waals surface area contributed by atoms with E-state index in [1.807, 2.05) is 30.3 Å². The molecular weight excluding hydrogens is 312 g/mol. The number of nitrogens with zero attached hydrogens (tertiary/aromatic N) is 1. The van der Waals surface area contributed by atoms with E-state index < -0.39 is 10.0 Å². The number of sulfonamides is 1. The molecule has 1 N–H and O–H groups in total. The minimum absolute atomic E-state index is 0.0258. The summed E-state index contributed by atoms with van der Waals surface area (Å²) >= 11 is 0. The van der Waals surface area contributed by atoms with Crippen molar-refractivity contribution in [3.05, 3.63) is 35.9 Å². The highest BCUT2D eigenvalue weighted by Gasteiger charge is 2.21. The monoisotopic (exact) mass is 338 g/mol. The second-order valence-corrected chi connectivity index (χ2v) is 8.41. The van der Waals surface area contributed by atoms with Gasteiger partial charge in [0.2, 0.25) is 15.9 Å². The van der Waals surface area contributed by atoms with Crippen LogP contribution in [0.4, 0.5) is 0 Å². The highest BCUT2D eigenvalue weighted by molar-refractivity contribution is 7.89. The number of carbonyl (C=O) groups is 1. The molecule has 128 valence electrons. The highest BCUT2D eigenvalue weighted by atomic mass is 32.2. The molecule has 1 fully saturated rings. The predicted octanol–water partition coefficient (Wildman–Crippen LogP) is 2.29. The maximum absolute atomic E-state index is 12.3. The van der Waals surface area contributed by atoms with Crippen LogP contribution < -0.4 is 5.32 Å². The van der Waals surface area contributed by atoms with Gasteiger partial charge in [-0.05, 0) is 18.4 Å². The average molecular weight is 338 g/mol. The molecule has 0 radical (unpaired) electrons. The number of hydrogen-bond acceptors (Lipinski definition) is 3. The normalized spacial score (nSPS) is 16.4. The quantitative estimate of drug-likeness (QED) is 0.829. The molecule has 0 aliphatic heterocycles. The van der Waals surface area contributed by atoms with Gasteiger partial charge >= 0.3 is 0 Å². The maximum Gasteiger partial charge on any atom is 0.221 e. The molecule has 0 heterocycles. The zero-order valence-corrected chi connectivity index (χ0v) is 14.5. The Balaban J connectivity index is 1.79. The molecule has 1 aromatic rings. The molecular formula is C17H26N2O3S. The summed E-state index contributed by atoms with van der Waals surface area (Å²) < 4.78 is 25.9. The van der Waals surface area contributed by atoms with E-state index in [0.29, 0.717) is 6.54 Å². The molecule has 2 rings (SSSR count). The van der Waals surface area contributed by atoms with E-state index in [1.165, 1.54) is 10.7 Å². The van der Waals surface area contributed by atoms with Crippen LogP contribution in [0.25, 0.3) is 0 Å². The number of rotatable bonds is 7. The van der Waals surface area contributed by atoms with Crippen LogP contribution in [0.1, 0.15) is 44.1 Å². The summed E-state index contributed by atoms with van der Waals surface area (Å²) in [5, 5.41) is 2.96. The Kier molecular flexibility index (Phi) is 6.59. The Bertz CT molecular complexity index is 596. The van der Waals surface area contributed by atoms with Gasteiger partial charge in [0.05, 0.1) is 5.75 Å². The standard InChI is InChI=1S/C17H26N2O3S/c1-19(14-15-8-4-2-5-9-15)23(21,22)13-12-17(20)18-16-10-6-3-7-11-16/h2,4-5,8-9,16H,3,6-7,10-14H2,1H3,(H,18,20). The van der Waals surface area contributed by atoms with E-state index in [9.17, 15) is 13.2 Å². The predicted molar refractivity (Wildman–Crippen MR) is 91.3 cm³/mol. The smallest absolute Gasteiger partial charge is 0.221 e. The van der Waals surface area contributed by atoms with Crippen LogP contribution in [0.15, 0.2) is 30.3 Å². The van der Waals surface area contributed by atoms with Gasteiger partial charge in [0.25, 0.3) is 0 Å². The molecule has 1 aromatic carbocycles. The molecule has 0 spiro atoms. The van der Waals surface area contributed by atoms with E-state index in [2.05, 4.69) is 5.32 Å². The fraction of sp³-hybridized carbons (Fsp3) is 0.588. The topological polar surface area (TPSA) is 66.5 Å². The summed E-state index contributed by atoms with van der Waals surface area (Å²) in [6.07, 6.45) is 5.55. The van der Waals surface area contributed by atoms with Crippen molar-refractivity contribution in [2.75, 3.05) is 12.8 Å². The Labute approximate surface area is 139 Å². The van der Waals surface area contributed by atoms with E-state index >= 15 is 0 Å². The van der Waals surface area contributed by atoms with Gasteiger partial charge in [-0.2, -0.15) is 0 Å². The van der Waals surface area contributed by atoms with Gasteiger partial charge in [0, 0.05) is 26.1 Å². The molecule has 5 nitrogen and oxygen atoms in total. The lowest BCUT2D eigenvalue weighted by Gasteiger charge is -2.23. The van der Waals surface area contributed by atoms with Crippen molar-refractivity contribution in [3.63, 3.8) is 0 Å². The number of amides is 1. The largest absolute Gasteiger partial charge is 0.353 e. The summed E-state index contributed by atoms with van der Waals surface area (Å²) in [5.41, 5.74) is 0.935. The molecule has 1 amide bonds. The molecule has 0 unspecified atom stereocenters. The Hall–Kier alpha value is -1.40. The van der Waals surface area contributed by atoms with E-state index in [1.54, 1.807) is 7.05 Å². The van der Waals surface area contributed by atoms with Crippen LogP contribution in [0.2, 0.25) is 0 Å². The first-order valence-electron chi connectivity index (χ1n) is 8.25. The Morgan fingerprint density at radius 1 is 1.17 bits per heavy atom. The van der Waals surface area contributed by atoms with Gasteiger partial charge in [-0.1, -0.05) is 49.6 Å². The summed E-state index contributed by atoms with van der Waals surface area (Å²) in [5.74, 6) is -0.303. The van der Waals surface area contributed by atoms with Crippen LogP contribution >= 0.6 is 0 Å². The first-order valence-corrected chi connectivity index (χ1v) is 9.85. The fourth-order valence-corrected chi connectivity index (χ4v) is 3.96. The van der Waals surface area contributed by atoms with Crippen molar-refractivity contribution in [3.8, 4) is 0 Å². The second-order valence-electron chi connectivity index (χ2n) is 6.21. The maximum atomic E-state index is 12.3. The lowest BCUT2D eigenvalue weighted by atomic mass is 9.95. The van der Waals surface area contributed by atoms with Crippen LogP contribution in [-0.4, -0.2) is 37.5 Å². The van der Waals surface area contributed by atoms with Crippen molar-refractivity contribution in [1.29, 1.82) is 0 Å². The highest BCUT2D eigenvalue weighted by Crippen LogP contribution is 2.17. The number of benzene rings is 1. The van der Waals surface area contributed by atoms with Crippen molar-refractivity contribution < 1.29 is 13.2 Å². The summed E-state index contributed by atoms with van der Waals surface area (Å²) in [6, 6.07) is 9.67. The van der Waals surface area contributed by atoms with Gasteiger partial charge in [0.1, 0.15) is 0 Å². The van der Waals surface area contributed by atoms with Crippen LogP contribution in [0, 0.1) is 0 Å². The first-order chi connectivity index (χ1) is 11.0. The third kappa shape index (κ3) is 5.95. The van der Waals surface area contributed by atoms with Crippen molar-refractivity contribution in [2.24, 2.45) is 0 Å². The van der Waals surface area contributed by atoms with E-state index in [4.69, 9.17) is 0 Å². The summed E-state index contributed by atoms with van der Waals surface area (Å²) in [6.45, 7) is 0.327. The third-order valence-corrected chi connectivity index (χ3v) is 6.08. The Morgan fingerprint density at radius 2 is 1.83 bits per heavy atom. The van der Waals surface area contributed by atoms with Crippen molar-refractivity contribution in [1.82, 2.24) is 9.62 Å². The second kappa shape index (κ2) is 8.45. The zero-order chi connectivity index (χ0) is 16.7. The van der Waals surface area contributed by atoms with Gasteiger partial charge in [-0.25, -0.2) is 12.7 Å². The molecule has 1 saturated carbocycles. The molecule has 6 heteroatoms. The first kappa shape index (κ1) is 17.9. The van der Waals surface area contributed by atoms with Gasteiger partial charge < -0.3 is 5.32 Å². The van der Waals surface area contributed by atoms with Crippen molar-refractivity contribution in [2.45, 2.75) is 51.1 Å². The van der Waals surface area contributed by atoms with E-state index in [-0.39, 0.29) is 24.1 Å². The SMILES string of the molecule is CN(Cc1ccccc1)S(=O)(=O)CCC(=O)NC1CCCCC1. The van der Waals surface area contributed by atoms with Crippen LogP contribution in [0.3, 0.4) is 0 Å². The lowest BCUT2D eigenvalue weighted by Crippen LogP contribution is -2.38. The van der Waals surface area contributed by atoms with E-state index in [0.717, 1.165) is 31.2 Å². The summed E-state index contributed by atoms with van der Waals surface area (Å²) in [4.78, 5) is 11.9. The number of hydrogen-bond donors (Lipinski definition) is 1. The minimum atomic E-state index is -3.42. The number of nitrogens with one attached hydrogen (secondary N) is 1. The lowest BCUT2D eigenvalue weighted by molar-refractivity contribution is -0.121. The van der Waals surface area contributed by atoms with Gasteiger partial charge in [-0.15, -0.1) is 0 Å². The minimum Gasteiger partial charge on any atom is -0.353 e. The molecule has 0 bridgehead atoms. The molecule has 0 atom stereocenters. The van der Waals surface area contributed by atoms with Crippen LogP contribution in [-0.2, 0) is 21.4 Å². The van der Waals surface area contributed by atoms with Gasteiger partial charge in [0.15, 0.2) is 0 Å². The summed E-state index contributed by atoms with van der Waals surface area (Å²) in [7, 11) is -1.86.